The number of ether oxygens (including phenoxy) is 1. The van der Waals surface area contributed by atoms with Crippen LogP contribution in [0.5, 0.6) is 0 Å². The van der Waals surface area contributed by atoms with Gasteiger partial charge in [-0.15, -0.1) is 0 Å². The van der Waals surface area contributed by atoms with Gasteiger partial charge in [-0.3, -0.25) is 9.59 Å². The van der Waals surface area contributed by atoms with Crippen LogP contribution in [0.1, 0.15) is 86.0 Å². The number of fused-ring (bicyclic) bond motifs is 5. The number of Topliss-reactive ketones (excluding diaryl/α,β-unsaturated/α-hetero) is 1. The maximum Gasteiger partial charge on any atom is 0.302 e. The molecule has 0 aromatic heterocycles. The van der Waals surface area contributed by atoms with Gasteiger partial charge in [0.2, 0.25) is 0 Å². The number of rotatable bonds is 3. The molecular formula is C25H38O3. The van der Waals surface area contributed by atoms with Crippen LogP contribution in [-0.2, 0) is 14.3 Å². The van der Waals surface area contributed by atoms with Crippen molar-refractivity contribution in [1.82, 2.24) is 0 Å². The number of esters is 1. The predicted molar refractivity (Wildman–Crippen MR) is 111 cm³/mol. The number of allylic oxidation sites excluding steroid dienone is 1. The number of hydrogen-bond donors (Lipinski definition) is 0. The van der Waals surface area contributed by atoms with Gasteiger partial charge in [-0.05, 0) is 80.0 Å². The van der Waals surface area contributed by atoms with Gasteiger partial charge in [-0.1, -0.05) is 38.8 Å². The van der Waals surface area contributed by atoms with Gasteiger partial charge in [0.15, 0.2) is 0 Å². The Kier molecular flexibility index (Phi) is 5.03. The largest absolute Gasteiger partial charge is 0.462 e. The topological polar surface area (TPSA) is 43.4 Å². The molecule has 3 fully saturated rings. The molecule has 3 nitrogen and oxygen atoms in total. The zero-order chi connectivity index (χ0) is 20.3. The molecule has 28 heavy (non-hydrogen) atoms. The summed E-state index contributed by atoms with van der Waals surface area (Å²) in [6, 6.07) is 0. The van der Waals surface area contributed by atoms with Crippen LogP contribution in [0.2, 0.25) is 0 Å². The molecule has 0 amide bonds. The Morgan fingerprint density at radius 3 is 2.54 bits per heavy atom. The Balaban J connectivity index is 1.61. The maximum atomic E-state index is 12.6. The third kappa shape index (κ3) is 2.91. The molecule has 0 radical (unpaired) electrons. The zero-order valence-electron chi connectivity index (χ0n) is 18.4. The van der Waals surface area contributed by atoms with Crippen molar-refractivity contribution in [3.05, 3.63) is 11.6 Å². The highest BCUT2D eigenvalue weighted by atomic mass is 16.5. The average Bonchev–Trinajstić information content (AvgIpc) is 2.94. The summed E-state index contributed by atoms with van der Waals surface area (Å²) >= 11 is 0. The van der Waals surface area contributed by atoms with Crippen LogP contribution in [0.4, 0.5) is 0 Å². The lowest BCUT2D eigenvalue weighted by atomic mass is 9.47. The van der Waals surface area contributed by atoms with E-state index < -0.39 is 0 Å². The van der Waals surface area contributed by atoms with Gasteiger partial charge in [-0.25, -0.2) is 0 Å². The third-order valence-electron chi connectivity index (χ3n) is 9.53. The minimum Gasteiger partial charge on any atom is -0.462 e. The highest BCUT2D eigenvalue weighted by molar-refractivity contribution is 5.80. The second kappa shape index (κ2) is 6.99. The van der Waals surface area contributed by atoms with Crippen LogP contribution >= 0.6 is 0 Å². The van der Waals surface area contributed by atoms with Crippen molar-refractivity contribution in [2.75, 3.05) is 0 Å². The molecule has 0 spiro atoms. The van der Waals surface area contributed by atoms with E-state index in [2.05, 4.69) is 26.8 Å². The lowest BCUT2D eigenvalue weighted by Gasteiger charge is -2.58. The first kappa shape index (κ1) is 20.2. The summed E-state index contributed by atoms with van der Waals surface area (Å²) in [5, 5.41) is 0. The zero-order valence-corrected chi connectivity index (χ0v) is 18.4. The third-order valence-corrected chi connectivity index (χ3v) is 9.53. The molecule has 4 aliphatic carbocycles. The summed E-state index contributed by atoms with van der Waals surface area (Å²) in [7, 11) is 0. The van der Waals surface area contributed by atoms with E-state index >= 15 is 0 Å². The van der Waals surface area contributed by atoms with E-state index in [0.29, 0.717) is 17.6 Å². The van der Waals surface area contributed by atoms with Crippen molar-refractivity contribution in [1.29, 1.82) is 0 Å². The van der Waals surface area contributed by atoms with Crippen LogP contribution in [0.25, 0.3) is 0 Å². The standard InChI is InChI=1S/C25H38O3/c1-6-17-13-22-20-8-7-18-14-19(28-16(3)27)9-11-24(18,4)21(20)10-12-25(22,5)23(17)15(2)26/h7,17,19-23H,6,8-14H2,1-5H3/t17-,19-,20+,21-,22-,23-,24-,25-/m0/s1. The summed E-state index contributed by atoms with van der Waals surface area (Å²) < 4.78 is 5.56. The van der Waals surface area contributed by atoms with E-state index in [4.69, 9.17) is 4.74 Å². The van der Waals surface area contributed by atoms with Crippen molar-refractivity contribution in [3.8, 4) is 0 Å². The molecule has 3 saturated carbocycles. The first-order valence-electron chi connectivity index (χ1n) is 11.6. The Hall–Kier alpha value is -1.12. The number of ketones is 1. The summed E-state index contributed by atoms with van der Waals surface area (Å²) in [5.74, 6) is 3.25. The van der Waals surface area contributed by atoms with E-state index in [0.717, 1.165) is 43.9 Å². The maximum absolute atomic E-state index is 12.6. The van der Waals surface area contributed by atoms with Gasteiger partial charge in [0.1, 0.15) is 11.9 Å². The molecular weight excluding hydrogens is 348 g/mol. The van der Waals surface area contributed by atoms with Crippen LogP contribution < -0.4 is 0 Å². The first-order chi connectivity index (χ1) is 13.2. The van der Waals surface area contributed by atoms with Crippen molar-refractivity contribution in [2.24, 2.45) is 40.4 Å². The highest BCUT2D eigenvalue weighted by Gasteiger charge is 2.61. The van der Waals surface area contributed by atoms with Crippen LogP contribution in [0.3, 0.4) is 0 Å². The molecule has 0 saturated heterocycles. The SMILES string of the molecule is CC[C@H]1C[C@H]2[C@@H]3CC=C4C[C@@H](OC(C)=O)CC[C@]4(C)[C@H]3CC[C@]2(C)[C@H]1C(C)=O. The molecule has 0 N–H and O–H groups in total. The minimum atomic E-state index is -0.150. The Morgan fingerprint density at radius 1 is 1.14 bits per heavy atom. The van der Waals surface area contributed by atoms with E-state index in [1.807, 2.05) is 6.92 Å². The van der Waals surface area contributed by atoms with Gasteiger partial charge in [0, 0.05) is 19.3 Å². The monoisotopic (exact) mass is 386 g/mol. The quantitative estimate of drug-likeness (QED) is 0.460. The van der Waals surface area contributed by atoms with E-state index in [1.54, 1.807) is 5.57 Å². The molecule has 0 aromatic rings. The fourth-order valence-corrected chi connectivity index (χ4v) is 8.34. The molecule has 8 atom stereocenters. The Labute approximate surface area is 170 Å². The molecule has 0 unspecified atom stereocenters. The second-order valence-electron chi connectivity index (χ2n) is 10.8. The van der Waals surface area contributed by atoms with Gasteiger partial charge < -0.3 is 4.74 Å². The summed E-state index contributed by atoms with van der Waals surface area (Å²) in [5.41, 5.74) is 2.00. The molecule has 4 rings (SSSR count). The highest BCUT2D eigenvalue weighted by Crippen LogP contribution is 2.67. The van der Waals surface area contributed by atoms with E-state index in [1.165, 1.54) is 26.2 Å². The number of hydrogen-bond acceptors (Lipinski definition) is 3. The summed E-state index contributed by atoms with van der Waals surface area (Å²) in [6.07, 6.45) is 11.6. The average molecular weight is 387 g/mol. The van der Waals surface area contributed by atoms with Gasteiger partial charge in [-0.2, -0.15) is 0 Å². The van der Waals surface area contributed by atoms with E-state index in [-0.39, 0.29) is 28.8 Å². The molecule has 3 heteroatoms. The van der Waals surface area contributed by atoms with Crippen LogP contribution in [0, 0.1) is 40.4 Å². The fraction of sp³-hybridized carbons (Fsp3) is 0.840. The molecule has 0 aliphatic heterocycles. The van der Waals surface area contributed by atoms with Gasteiger partial charge >= 0.3 is 5.97 Å². The van der Waals surface area contributed by atoms with Crippen molar-refractivity contribution < 1.29 is 14.3 Å². The van der Waals surface area contributed by atoms with Gasteiger partial charge in [0.25, 0.3) is 0 Å². The molecule has 156 valence electrons. The normalized spacial score (nSPS) is 47.4. The molecule has 0 aromatic carbocycles. The molecule has 0 heterocycles. The molecule has 0 bridgehead atoms. The molecule has 4 aliphatic rings. The van der Waals surface area contributed by atoms with Gasteiger partial charge in [0.05, 0.1) is 0 Å². The van der Waals surface area contributed by atoms with Crippen molar-refractivity contribution >= 4 is 11.8 Å². The summed E-state index contributed by atoms with van der Waals surface area (Å²) in [6.45, 7) is 10.6. The predicted octanol–water partition coefficient (Wildman–Crippen LogP) is 5.72. The Bertz CT molecular complexity index is 694. The number of carbonyl (C=O) groups excluding carboxylic acids is 2. The Morgan fingerprint density at radius 2 is 1.89 bits per heavy atom. The minimum absolute atomic E-state index is 0.0697. The lowest BCUT2D eigenvalue weighted by molar-refractivity contribution is -0.149. The van der Waals surface area contributed by atoms with Crippen LogP contribution in [0.15, 0.2) is 11.6 Å². The number of carbonyl (C=O) groups is 2. The van der Waals surface area contributed by atoms with Crippen molar-refractivity contribution in [3.63, 3.8) is 0 Å². The van der Waals surface area contributed by atoms with E-state index in [9.17, 15) is 9.59 Å². The van der Waals surface area contributed by atoms with Crippen molar-refractivity contribution in [2.45, 2.75) is 92.1 Å². The lowest BCUT2D eigenvalue weighted by Crippen LogP contribution is -2.51. The summed E-state index contributed by atoms with van der Waals surface area (Å²) in [4.78, 5) is 24.0. The smallest absolute Gasteiger partial charge is 0.302 e. The fourth-order valence-electron chi connectivity index (χ4n) is 8.34. The van der Waals surface area contributed by atoms with Crippen LogP contribution in [-0.4, -0.2) is 17.9 Å². The second-order valence-corrected chi connectivity index (χ2v) is 10.8. The first-order valence-corrected chi connectivity index (χ1v) is 11.6.